The summed E-state index contributed by atoms with van der Waals surface area (Å²) in [6.07, 6.45) is 1.90. The first-order valence-electron chi connectivity index (χ1n) is 17.9. The van der Waals surface area contributed by atoms with E-state index in [4.69, 9.17) is 14.7 Å². The first-order chi connectivity index (χ1) is 25.9. The molecule has 0 aliphatic rings. The standard InChI is InChI=1S/C48H34N4O.Pt/c1-48(2,3)33-26-27-49-44(28-33)51-41-20-12-11-19-38(41)39-25-23-35(30-43(39)51)53-34-22-24-36-37-18-10-13-21-42(37)52-46(32-16-8-5-9-17-32)45(31-14-6-4-7-15-31)50-47(52)40(36)29-34;/h4-28H,1-3H3;/q-2;+2. The maximum absolute atomic E-state index is 6.64. The van der Waals surface area contributed by atoms with Crippen LogP contribution in [0, 0.1) is 12.1 Å². The van der Waals surface area contributed by atoms with E-state index < -0.39 is 0 Å². The molecule has 0 radical (unpaired) electrons. The molecule has 0 fully saturated rings. The van der Waals surface area contributed by atoms with E-state index in [1.807, 2.05) is 30.5 Å². The van der Waals surface area contributed by atoms with Gasteiger partial charge < -0.3 is 13.7 Å². The zero-order valence-corrected chi connectivity index (χ0v) is 32.2. The molecule has 4 aromatic heterocycles. The molecule has 0 aliphatic carbocycles. The smallest absolute Gasteiger partial charge is 0.503 e. The third kappa shape index (κ3) is 5.50. The van der Waals surface area contributed by atoms with Crippen LogP contribution in [0.3, 0.4) is 0 Å². The number of imidazole rings is 1. The van der Waals surface area contributed by atoms with Gasteiger partial charge in [-0.05, 0) is 51.6 Å². The number of para-hydroxylation sites is 2. The van der Waals surface area contributed by atoms with Gasteiger partial charge in [0.1, 0.15) is 5.82 Å². The number of benzene rings is 6. The van der Waals surface area contributed by atoms with Crippen LogP contribution in [0.25, 0.3) is 77.5 Å². The predicted octanol–water partition coefficient (Wildman–Crippen LogP) is 12.2. The summed E-state index contributed by atoms with van der Waals surface area (Å²) in [7, 11) is 0. The van der Waals surface area contributed by atoms with E-state index in [-0.39, 0.29) is 26.5 Å². The fourth-order valence-corrected chi connectivity index (χ4v) is 7.61. The molecule has 6 aromatic carbocycles. The van der Waals surface area contributed by atoms with E-state index in [0.29, 0.717) is 11.5 Å². The van der Waals surface area contributed by atoms with Crippen molar-refractivity contribution < 1.29 is 25.8 Å². The molecule has 4 heterocycles. The average Bonchev–Trinajstić information content (AvgIpc) is 3.75. The molecule has 10 rings (SSSR count). The molecule has 0 atom stereocenters. The summed E-state index contributed by atoms with van der Waals surface area (Å²) in [4.78, 5) is 10.2. The van der Waals surface area contributed by atoms with Crippen LogP contribution in [-0.2, 0) is 26.5 Å². The van der Waals surface area contributed by atoms with Gasteiger partial charge in [0.25, 0.3) is 0 Å². The van der Waals surface area contributed by atoms with Gasteiger partial charge in [0.2, 0.25) is 0 Å². The topological polar surface area (TPSA) is 44.4 Å². The van der Waals surface area contributed by atoms with Gasteiger partial charge in [-0.2, -0.15) is 6.07 Å². The third-order valence-corrected chi connectivity index (χ3v) is 10.2. The van der Waals surface area contributed by atoms with E-state index >= 15 is 0 Å². The maximum Gasteiger partial charge on any atom is 2.00 e. The van der Waals surface area contributed by atoms with Crippen molar-refractivity contribution >= 4 is 49.1 Å². The minimum atomic E-state index is -0.0182. The normalized spacial score (nSPS) is 11.8. The van der Waals surface area contributed by atoms with Crippen LogP contribution in [0.5, 0.6) is 11.5 Å². The largest absolute Gasteiger partial charge is 2.00 e. The Morgan fingerprint density at radius 1 is 0.593 bits per heavy atom. The molecule has 0 aliphatic heterocycles. The van der Waals surface area contributed by atoms with Gasteiger partial charge in [-0.1, -0.05) is 140 Å². The minimum absolute atomic E-state index is 0. The molecule has 0 spiro atoms. The second-order valence-corrected chi connectivity index (χ2v) is 14.5. The summed E-state index contributed by atoms with van der Waals surface area (Å²) in [6, 6.07) is 57.6. The van der Waals surface area contributed by atoms with Crippen molar-refractivity contribution in [3.05, 3.63) is 169 Å². The van der Waals surface area contributed by atoms with Crippen LogP contribution in [0.15, 0.2) is 152 Å². The second kappa shape index (κ2) is 13.1. The molecule has 0 amide bonds. The average molecular weight is 878 g/mol. The molecule has 6 heteroatoms. The number of fused-ring (bicyclic) bond motifs is 9. The zero-order valence-electron chi connectivity index (χ0n) is 29.9. The molecule has 5 nitrogen and oxygen atoms in total. The molecule has 0 N–H and O–H groups in total. The Hall–Kier alpha value is -6.03. The first-order valence-corrected chi connectivity index (χ1v) is 17.9. The van der Waals surface area contributed by atoms with E-state index in [0.717, 1.165) is 77.5 Å². The molecular weight excluding hydrogens is 844 g/mol. The van der Waals surface area contributed by atoms with Crippen LogP contribution in [-0.4, -0.2) is 18.9 Å². The molecule has 54 heavy (non-hydrogen) atoms. The Bertz CT molecular complexity index is 3010. The van der Waals surface area contributed by atoms with Gasteiger partial charge in [0.15, 0.2) is 0 Å². The molecule has 0 bridgehead atoms. The minimum Gasteiger partial charge on any atom is -0.503 e. The van der Waals surface area contributed by atoms with E-state index in [9.17, 15) is 0 Å². The van der Waals surface area contributed by atoms with Crippen LogP contribution in [0.4, 0.5) is 0 Å². The van der Waals surface area contributed by atoms with Crippen LogP contribution < -0.4 is 4.74 Å². The van der Waals surface area contributed by atoms with Gasteiger partial charge in [0, 0.05) is 34.3 Å². The summed E-state index contributed by atoms with van der Waals surface area (Å²) < 4.78 is 11.1. The van der Waals surface area contributed by atoms with Gasteiger partial charge in [-0.15, -0.1) is 29.7 Å². The van der Waals surface area contributed by atoms with Crippen molar-refractivity contribution in [2.24, 2.45) is 0 Å². The number of hydrogen-bond donors (Lipinski definition) is 0. The fourth-order valence-electron chi connectivity index (χ4n) is 7.61. The summed E-state index contributed by atoms with van der Waals surface area (Å²) in [5, 5.41) is 5.30. The number of hydrogen-bond acceptors (Lipinski definition) is 3. The molecule has 0 unspecified atom stereocenters. The molecule has 0 saturated carbocycles. The predicted molar refractivity (Wildman–Crippen MR) is 216 cm³/mol. The van der Waals surface area contributed by atoms with Crippen molar-refractivity contribution in [3.63, 3.8) is 0 Å². The number of nitrogens with zero attached hydrogens (tertiary/aromatic N) is 4. The Morgan fingerprint density at radius 3 is 1.93 bits per heavy atom. The van der Waals surface area contributed by atoms with E-state index in [2.05, 4.69) is 163 Å². The van der Waals surface area contributed by atoms with Gasteiger partial charge in [0.05, 0.1) is 17.0 Å². The Morgan fingerprint density at radius 2 is 1.20 bits per heavy atom. The second-order valence-electron chi connectivity index (χ2n) is 14.5. The SMILES string of the molecule is CC(C)(C)c1ccnc(-n2c3[c-]c(Oc4[c-]c5c(cc4)c4ccccc4n4c(-c6ccccc6)c(-c6ccccc6)nc54)ccc3c3ccccc32)c1.[Pt+2]. The molecule has 10 aromatic rings. The molecular formula is C48H34N4OPt. The van der Waals surface area contributed by atoms with Crippen molar-refractivity contribution in [1.82, 2.24) is 18.9 Å². The monoisotopic (exact) mass is 877 g/mol. The fraction of sp³-hybridized carbons (Fsp3) is 0.0833. The summed E-state index contributed by atoms with van der Waals surface area (Å²) in [6.45, 7) is 6.67. The van der Waals surface area contributed by atoms with Crippen molar-refractivity contribution in [2.75, 3.05) is 0 Å². The zero-order chi connectivity index (χ0) is 35.7. The summed E-state index contributed by atoms with van der Waals surface area (Å²) in [5.41, 5.74) is 9.20. The van der Waals surface area contributed by atoms with E-state index in [1.54, 1.807) is 0 Å². The molecule has 262 valence electrons. The van der Waals surface area contributed by atoms with Gasteiger partial charge in [-0.3, -0.25) is 4.98 Å². The first kappa shape index (κ1) is 33.8. The summed E-state index contributed by atoms with van der Waals surface area (Å²) >= 11 is 0. The number of pyridine rings is 2. The maximum atomic E-state index is 6.64. The number of ether oxygens (including phenoxy) is 1. The molecule has 0 saturated heterocycles. The van der Waals surface area contributed by atoms with Crippen LogP contribution >= 0.6 is 0 Å². The Labute approximate surface area is 327 Å². The van der Waals surface area contributed by atoms with E-state index in [1.165, 1.54) is 5.56 Å². The van der Waals surface area contributed by atoms with Crippen molar-refractivity contribution in [1.29, 1.82) is 0 Å². The van der Waals surface area contributed by atoms with Crippen molar-refractivity contribution in [2.45, 2.75) is 26.2 Å². The Balaban J connectivity index is 0.00000384. The number of aromatic nitrogens is 4. The van der Waals surface area contributed by atoms with Gasteiger partial charge in [-0.25, -0.2) is 4.98 Å². The van der Waals surface area contributed by atoms with Gasteiger partial charge >= 0.3 is 21.1 Å². The third-order valence-electron chi connectivity index (χ3n) is 10.2. The quantitative estimate of drug-likeness (QED) is 0.128. The van der Waals surface area contributed by atoms with Crippen LogP contribution in [0.1, 0.15) is 26.3 Å². The van der Waals surface area contributed by atoms with Crippen LogP contribution in [0.2, 0.25) is 0 Å². The Kier molecular flexibility index (Phi) is 8.21. The van der Waals surface area contributed by atoms with Crippen molar-refractivity contribution in [3.8, 4) is 39.8 Å². The number of rotatable bonds is 5. The summed E-state index contributed by atoms with van der Waals surface area (Å²) in [5.74, 6) is 2.04.